The van der Waals surface area contributed by atoms with Gasteiger partial charge in [0.1, 0.15) is 6.61 Å². The minimum absolute atomic E-state index is 0.244. The fourth-order valence-electron chi connectivity index (χ4n) is 1.20. The van der Waals surface area contributed by atoms with Crippen LogP contribution in [0.2, 0.25) is 0 Å². The Labute approximate surface area is 99.8 Å². The maximum absolute atomic E-state index is 11.2. The highest BCUT2D eigenvalue weighted by Crippen LogP contribution is 2.07. The van der Waals surface area contributed by atoms with Crippen LogP contribution in [0.3, 0.4) is 0 Å². The molecule has 0 spiro atoms. The summed E-state index contributed by atoms with van der Waals surface area (Å²) < 4.78 is 9.33. The average Bonchev–Trinajstić information content (AvgIpc) is 2.34. The first kappa shape index (κ1) is 13.0. The quantitative estimate of drug-likeness (QED) is 0.748. The Morgan fingerprint density at radius 1 is 1.24 bits per heavy atom. The lowest BCUT2D eigenvalue weighted by atomic mass is 10.1. The second-order valence-electron chi connectivity index (χ2n) is 3.32. The van der Waals surface area contributed by atoms with Gasteiger partial charge in [-0.15, -0.1) is 0 Å². The Morgan fingerprint density at radius 2 is 1.88 bits per heavy atom. The molecule has 0 N–H and O–H groups in total. The Balaban J connectivity index is 2.56. The molecule has 0 radical (unpaired) electrons. The highest BCUT2D eigenvalue weighted by molar-refractivity contribution is 5.89. The molecule has 0 amide bonds. The van der Waals surface area contributed by atoms with Gasteiger partial charge in [-0.2, -0.15) is 0 Å². The summed E-state index contributed by atoms with van der Waals surface area (Å²) in [6.07, 6.45) is 3.54. The highest BCUT2D eigenvalue weighted by Gasteiger charge is 2.02. The maximum atomic E-state index is 11.2. The van der Waals surface area contributed by atoms with Crippen LogP contribution in [0.4, 0.5) is 0 Å². The number of benzene rings is 1. The Hall–Kier alpha value is -2.10. The summed E-state index contributed by atoms with van der Waals surface area (Å²) in [4.78, 5) is 21.7. The third-order valence-corrected chi connectivity index (χ3v) is 2.02. The Morgan fingerprint density at radius 3 is 2.41 bits per heavy atom. The first-order valence-corrected chi connectivity index (χ1v) is 5.12. The van der Waals surface area contributed by atoms with E-state index in [9.17, 15) is 9.59 Å². The largest absolute Gasteiger partial charge is 0.465 e. The van der Waals surface area contributed by atoms with Gasteiger partial charge in [0.2, 0.25) is 0 Å². The third kappa shape index (κ3) is 4.51. The van der Waals surface area contributed by atoms with Crippen molar-refractivity contribution < 1.29 is 19.1 Å². The van der Waals surface area contributed by atoms with Crippen molar-refractivity contribution >= 4 is 18.0 Å². The Bertz CT molecular complexity index is 418. The zero-order chi connectivity index (χ0) is 12.7. The molecule has 0 aliphatic carbocycles. The lowest BCUT2D eigenvalue weighted by Crippen LogP contribution is -2.00. The first-order chi connectivity index (χ1) is 8.13. The van der Waals surface area contributed by atoms with E-state index in [2.05, 4.69) is 4.74 Å². The number of rotatable bonds is 4. The number of ether oxygens (including phenoxy) is 2. The predicted octanol–water partition coefficient (Wildman–Crippen LogP) is 2.05. The molecule has 1 aromatic rings. The SMILES string of the molecule is COC(=O)c1ccc(/C=C/COC(C)=O)cc1. The van der Waals surface area contributed by atoms with E-state index in [-0.39, 0.29) is 18.5 Å². The van der Waals surface area contributed by atoms with Crippen molar-refractivity contribution in [2.24, 2.45) is 0 Å². The normalized spacial score (nSPS) is 10.2. The van der Waals surface area contributed by atoms with Crippen LogP contribution in [0, 0.1) is 0 Å². The van der Waals surface area contributed by atoms with Crippen LogP contribution in [0.25, 0.3) is 6.08 Å². The number of carbonyl (C=O) groups is 2. The van der Waals surface area contributed by atoms with Gasteiger partial charge in [0, 0.05) is 6.92 Å². The number of methoxy groups -OCH3 is 1. The maximum Gasteiger partial charge on any atom is 0.337 e. The molecule has 0 aliphatic heterocycles. The van der Waals surface area contributed by atoms with E-state index in [1.807, 2.05) is 6.08 Å². The molecule has 4 heteroatoms. The summed E-state index contributed by atoms with van der Waals surface area (Å²) in [5.41, 5.74) is 1.43. The lowest BCUT2D eigenvalue weighted by molar-refractivity contribution is -0.139. The summed E-state index contributed by atoms with van der Waals surface area (Å²) in [6.45, 7) is 1.60. The summed E-state index contributed by atoms with van der Waals surface area (Å²) in [5.74, 6) is -0.670. The third-order valence-electron chi connectivity index (χ3n) is 2.02. The minimum atomic E-state index is -0.361. The second-order valence-corrected chi connectivity index (χ2v) is 3.32. The van der Waals surface area contributed by atoms with Crippen LogP contribution in [0.15, 0.2) is 30.3 Å². The monoisotopic (exact) mass is 234 g/mol. The highest BCUT2D eigenvalue weighted by atomic mass is 16.5. The molecule has 4 nitrogen and oxygen atoms in total. The van der Waals surface area contributed by atoms with Gasteiger partial charge in [-0.25, -0.2) is 4.79 Å². The van der Waals surface area contributed by atoms with Gasteiger partial charge in [-0.1, -0.05) is 18.2 Å². The second kappa shape index (κ2) is 6.48. The van der Waals surface area contributed by atoms with Gasteiger partial charge in [0.25, 0.3) is 0 Å². The van der Waals surface area contributed by atoms with Crippen molar-refractivity contribution in [1.29, 1.82) is 0 Å². The van der Waals surface area contributed by atoms with Crippen LogP contribution < -0.4 is 0 Å². The van der Waals surface area contributed by atoms with E-state index >= 15 is 0 Å². The topological polar surface area (TPSA) is 52.6 Å². The first-order valence-electron chi connectivity index (χ1n) is 5.12. The molecule has 0 fully saturated rings. The van der Waals surface area contributed by atoms with Gasteiger partial charge < -0.3 is 9.47 Å². The molecule has 0 bridgehead atoms. The molecule has 90 valence electrons. The van der Waals surface area contributed by atoms with Crippen molar-refractivity contribution in [3.63, 3.8) is 0 Å². The molecule has 17 heavy (non-hydrogen) atoms. The molecular formula is C13H14O4. The van der Waals surface area contributed by atoms with E-state index in [1.54, 1.807) is 30.3 Å². The van der Waals surface area contributed by atoms with Crippen LogP contribution in [-0.2, 0) is 14.3 Å². The van der Waals surface area contributed by atoms with Crippen LogP contribution in [-0.4, -0.2) is 25.7 Å². The smallest absolute Gasteiger partial charge is 0.337 e. The molecule has 0 atom stereocenters. The van der Waals surface area contributed by atoms with E-state index < -0.39 is 0 Å². The average molecular weight is 234 g/mol. The van der Waals surface area contributed by atoms with E-state index in [0.717, 1.165) is 5.56 Å². The van der Waals surface area contributed by atoms with Gasteiger partial charge in [0.15, 0.2) is 0 Å². The van der Waals surface area contributed by atoms with Crippen molar-refractivity contribution in [3.05, 3.63) is 41.5 Å². The summed E-state index contributed by atoms with van der Waals surface area (Å²) in [5, 5.41) is 0. The van der Waals surface area contributed by atoms with Gasteiger partial charge in [-0.3, -0.25) is 4.79 Å². The molecule has 0 aromatic heterocycles. The number of esters is 2. The fraction of sp³-hybridized carbons (Fsp3) is 0.231. The van der Waals surface area contributed by atoms with Crippen molar-refractivity contribution in [2.45, 2.75) is 6.92 Å². The van der Waals surface area contributed by atoms with E-state index in [1.165, 1.54) is 14.0 Å². The van der Waals surface area contributed by atoms with Crippen LogP contribution in [0.5, 0.6) is 0 Å². The zero-order valence-electron chi connectivity index (χ0n) is 9.80. The van der Waals surface area contributed by atoms with Crippen molar-refractivity contribution in [2.75, 3.05) is 13.7 Å². The molecule has 0 saturated heterocycles. The molecule has 1 rings (SSSR count). The molecular weight excluding hydrogens is 220 g/mol. The minimum Gasteiger partial charge on any atom is -0.465 e. The van der Waals surface area contributed by atoms with Crippen molar-refractivity contribution in [3.8, 4) is 0 Å². The van der Waals surface area contributed by atoms with Gasteiger partial charge in [-0.05, 0) is 23.8 Å². The zero-order valence-corrected chi connectivity index (χ0v) is 9.80. The molecule has 0 aliphatic rings. The molecule has 0 heterocycles. The van der Waals surface area contributed by atoms with E-state index in [4.69, 9.17) is 4.74 Å². The predicted molar refractivity (Wildman–Crippen MR) is 63.4 cm³/mol. The van der Waals surface area contributed by atoms with Crippen LogP contribution in [0.1, 0.15) is 22.8 Å². The lowest BCUT2D eigenvalue weighted by Gasteiger charge is -1.99. The summed E-state index contributed by atoms with van der Waals surface area (Å²) in [7, 11) is 1.34. The van der Waals surface area contributed by atoms with E-state index in [0.29, 0.717) is 5.56 Å². The number of hydrogen-bond acceptors (Lipinski definition) is 4. The van der Waals surface area contributed by atoms with Gasteiger partial charge >= 0.3 is 11.9 Å². The molecule has 0 saturated carbocycles. The molecule has 1 aromatic carbocycles. The number of hydrogen-bond donors (Lipinski definition) is 0. The standard InChI is InChI=1S/C13H14O4/c1-10(14)17-9-3-4-11-5-7-12(8-6-11)13(15)16-2/h3-8H,9H2,1-2H3/b4-3+. The summed E-state index contributed by atoms with van der Waals surface area (Å²) in [6, 6.07) is 6.93. The molecule has 0 unspecified atom stereocenters. The Kier molecular flexibility index (Phi) is 4.94. The number of carbonyl (C=O) groups excluding carboxylic acids is 2. The van der Waals surface area contributed by atoms with Gasteiger partial charge in [0.05, 0.1) is 12.7 Å². The van der Waals surface area contributed by atoms with Crippen molar-refractivity contribution in [1.82, 2.24) is 0 Å². The summed E-state index contributed by atoms with van der Waals surface area (Å²) >= 11 is 0. The fourth-order valence-corrected chi connectivity index (χ4v) is 1.20. The van der Waals surface area contributed by atoms with Crippen LogP contribution >= 0.6 is 0 Å².